The summed E-state index contributed by atoms with van der Waals surface area (Å²) in [5, 5.41) is 6.91. The molecule has 152 valence electrons. The zero-order chi connectivity index (χ0) is 20.0. The Morgan fingerprint density at radius 2 is 1.96 bits per heavy atom. The molecule has 6 nitrogen and oxygen atoms in total. The van der Waals surface area contributed by atoms with Crippen LogP contribution in [0.4, 0.5) is 11.4 Å². The molecule has 1 aliphatic heterocycles. The molecular formula is C19H32N4O2S2. The summed E-state index contributed by atoms with van der Waals surface area (Å²) in [6, 6.07) is 7.19. The lowest BCUT2D eigenvalue weighted by molar-refractivity contribution is 0.140. The molecule has 0 aromatic heterocycles. The molecule has 0 bridgehead atoms. The number of nitrogens with zero attached hydrogens (tertiary/aromatic N) is 2. The zero-order valence-corrected chi connectivity index (χ0v) is 18.4. The molecule has 1 saturated heterocycles. The van der Waals surface area contributed by atoms with Crippen LogP contribution in [0.5, 0.6) is 0 Å². The smallest absolute Gasteiger partial charge is 0.231 e. The van der Waals surface area contributed by atoms with Gasteiger partial charge in [-0.25, -0.2) is 8.42 Å². The highest BCUT2D eigenvalue weighted by Gasteiger charge is 2.21. The standard InChI is InChI=1S/C19H32N4O2S2/c1-15-11-16(2)14-23(13-15)10-6-9-20-19(26)21-17-7-5-8-18(12-17)22(3)27(4,24)25/h5,7-8,12,15-16H,6,9-11,13-14H2,1-4H3,(H2,20,21,26)/t15-,16-/m0/s1. The van der Waals surface area contributed by atoms with Crippen LogP contribution in [-0.2, 0) is 10.0 Å². The van der Waals surface area contributed by atoms with Crippen molar-refractivity contribution in [2.75, 3.05) is 49.1 Å². The van der Waals surface area contributed by atoms with Gasteiger partial charge in [0.15, 0.2) is 5.11 Å². The summed E-state index contributed by atoms with van der Waals surface area (Å²) in [5.41, 5.74) is 1.36. The Morgan fingerprint density at radius 1 is 1.30 bits per heavy atom. The predicted molar refractivity (Wildman–Crippen MR) is 118 cm³/mol. The summed E-state index contributed by atoms with van der Waals surface area (Å²) < 4.78 is 24.6. The van der Waals surface area contributed by atoms with E-state index in [0.717, 1.165) is 37.0 Å². The van der Waals surface area contributed by atoms with E-state index >= 15 is 0 Å². The molecule has 8 heteroatoms. The van der Waals surface area contributed by atoms with Gasteiger partial charge in [0.2, 0.25) is 10.0 Å². The normalized spacial score (nSPS) is 20.9. The molecule has 0 aliphatic carbocycles. The first kappa shape index (κ1) is 21.9. The Kier molecular flexibility index (Phi) is 7.88. The van der Waals surface area contributed by atoms with Crippen LogP contribution in [0.25, 0.3) is 0 Å². The number of sulfonamides is 1. The Bertz CT molecular complexity index is 729. The molecule has 2 rings (SSSR count). The molecule has 0 amide bonds. The van der Waals surface area contributed by atoms with Crippen LogP contribution in [0.3, 0.4) is 0 Å². The Hall–Kier alpha value is -1.38. The predicted octanol–water partition coefficient (Wildman–Crippen LogP) is 2.74. The first-order valence-corrected chi connectivity index (χ1v) is 11.7. The molecule has 1 aliphatic rings. The van der Waals surface area contributed by atoms with Gasteiger partial charge < -0.3 is 15.5 Å². The van der Waals surface area contributed by atoms with Crippen molar-refractivity contribution in [3.8, 4) is 0 Å². The van der Waals surface area contributed by atoms with Gasteiger partial charge in [-0.15, -0.1) is 0 Å². The summed E-state index contributed by atoms with van der Waals surface area (Å²) in [5.74, 6) is 1.56. The van der Waals surface area contributed by atoms with E-state index in [-0.39, 0.29) is 0 Å². The van der Waals surface area contributed by atoms with Gasteiger partial charge in [0.05, 0.1) is 11.9 Å². The van der Waals surface area contributed by atoms with Crippen molar-refractivity contribution >= 4 is 38.7 Å². The molecule has 1 aromatic carbocycles. The number of thiocarbonyl (C=S) groups is 1. The van der Waals surface area contributed by atoms with E-state index in [0.29, 0.717) is 10.8 Å². The number of nitrogens with one attached hydrogen (secondary N) is 2. The van der Waals surface area contributed by atoms with Crippen LogP contribution in [0.15, 0.2) is 24.3 Å². The summed E-state index contributed by atoms with van der Waals surface area (Å²) >= 11 is 5.36. The van der Waals surface area contributed by atoms with Crippen LogP contribution < -0.4 is 14.9 Å². The third kappa shape index (κ3) is 7.27. The first-order chi connectivity index (χ1) is 12.6. The SMILES string of the molecule is C[C@H]1C[C@H](C)CN(CCCNC(=S)Nc2cccc(N(C)S(C)(=O)=O)c2)C1. The highest BCUT2D eigenvalue weighted by molar-refractivity contribution is 7.92. The maximum absolute atomic E-state index is 11.7. The number of anilines is 2. The van der Waals surface area contributed by atoms with E-state index < -0.39 is 10.0 Å². The monoisotopic (exact) mass is 412 g/mol. The second kappa shape index (κ2) is 9.71. The number of rotatable bonds is 7. The highest BCUT2D eigenvalue weighted by atomic mass is 32.2. The molecule has 0 spiro atoms. The van der Waals surface area contributed by atoms with Gasteiger partial charge in [0.1, 0.15) is 0 Å². The fourth-order valence-corrected chi connectivity index (χ4v) is 4.34. The van der Waals surface area contributed by atoms with Gasteiger partial charge in [-0.2, -0.15) is 0 Å². The van der Waals surface area contributed by atoms with Crippen molar-refractivity contribution in [1.82, 2.24) is 10.2 Å². The Labute approximate surface area is 169 Å². The topological polar surface area (TPSA) is 64.7 Å². The van der Waals surface area contributed by atoms with Crippen LogP contribution in [0, 0.1) is 11.8 Å². The molecule has 0 unspecified atom stereocenters. The molecule has 1 heterocycles. The third-order valence-corrected chi connectivity index (χ3v) is 6.30. The largest absolute Gasteiger partial charge is 0.362 e. The molecule has 0 radical (unpaired) electrons. The van der Waals surface area contributed by atoms with Gasteiger partial charge >= 0.3 is 0 Å². The number of benzene rings is 1. The quantitative estimate of drug-likeness (QED) is 0.530. The summed E-state index contributed by atoms with van der Waals surface area (Å²) in [6.07, 6.45) is 3.55. The number of likely N-dealkylation sites (tertiary alicyclic amines) is 1. The van der Waals surface area contributed by atoms with E-state index in [1.807, 2.05) is 6.07 Å². The third-order valence-electron chi connectivity index (χ3n) is 4.85. The summed E-state index contributed by atoms with van der Waals surface area (Å²) in [4.78, 5) is 2.54. The van der Waals surface area contributed by atoms with Gasteiger partial charge in [0, 0.05) is 32.4 Å². The minimum atomic E-state index is -3.28. The zero-order valence-electron chi connectivity index (χ0n) is 16.7. The van der Waals surface area contributed by atoms with Gasteiger partial charge in [-0.05, 0) is 61.6 Å². The number of hydrogen-bond donors (Lipinski definition) is 2. The van der Waals surface area contributed by atoms with Crippen LogP contribution in [-0.4, -0.2) is 57.9 Å². The molecule has 1 fully saturated rings. The van der Waals surface area contributed by atoms with Crippen molar-refractivity contribution in [3.05, 3.63) is 24.3 Å². The lowest BCUT2D eigenvalue weighted by Crippen LogP contribution is -2.40. The maximum Gasteiger partial charge on any atom is 0.231 e. The minimum Gasteiger partial charge on any atom is -0.362 e. The van der Waals surface area contributed by atoms with Crippen molar-refractivity contribution in [1.29, 1.82) is 0 Å². The second-order valence-electron chi connectivity index (χ2n) is 7.72. The first-order valence-electron chi connectivity index (χ1n) is 9.46. The van der Waals surface area contributed by atoms with E-state index in [1.54, 1.807) is 18.2 Å². The van der Waals surface area contributed by atoms with Gasteiger partial charge in [-0.1, -0.05) is 19.9 Å². The van der Waals surface area contributed by atoms with Crippen LogP contribution >= 0.6 is 12.2 Å². The summed E-state index contributed by atoms with van der Waals surface area (Å²) in [7, 11) is -1.75. The van der Waals surface area contributed by atoms with Crippen molar-refractivity contribution in [2.24, 2.45) is 11.8 Å². The average Bonchev–Trinajstić information content (AvgIpc) is 2.56. The second-order valence-corrected chi connectivity index (χ2v) is 10.1. The highest BCUT2D eigenvalue weighted by Crippen LogP contribution is 2.21. The molecule has 1 aromatic rings. The minimum absolute atomic E-state index is 0.550. The van der Waals surface area contributed by atoms with Crippen molar-refractivity contribution < 1.29 is 8.42 Å². The summed E-state index contributed by atoms with van der Waals surface area (Å²) in [6.45, 7) is 8.93. The average molecular weight is 413 g/mol. The van der Waals surface area contributed by atoms with Crippen LogP contribution in [0.2, 0.25) is 0 Å². The lowest BCUT2D eigenvalue weighted by Gasteiger charge is -2.35. The van der Waals surface area contributed by atoms with Crippen molar-refractivity contribution in [2.45, 2.75) is 26.7 Å². The molecule has 27 heavy (non-hydrogen) atoms. The van der Waals surface area contributed by atoms with Gasteiger partial charge in [-0.3, -0.25) is 4.31 Å². The maximum atomic E-state index is 11.7. The van der Waals surface area contributed by atoms with Gasteiger partial charge in [0.25, 0.3) is 0 Å². The number of hydrogen-bond acceptors (Lipinski definition) is 4. The fourth-order valence-electron chi connectivity index (χ4n) is 3.63. The van der Waals surface area contributed by atoms with Crippen molar-refractivity contribution in [3.63, 3.8) is 0 Å². The molecule has 0 saturated carbocycles. The lowest BCUT2D eigenvalue weighted by atomic mass is 9.92. The van der Waals surface area contributed by atoms with E-state index in [1.165, 1.54) is 37.1 Å². The van der Waals surface area contributed by atoms with E-state index in [9.17, 15) is 8.42 Å². The Balaban J connectivity index is 1.76. The molecule has 2 N–H and O–H groups in total. The molecular weight excluding hydrogens is 380 g/mol. The fraction of sp³-hybridized carbons (Fsp3) is 0.632. The Morgan fingerprint density at radius 3 is 2.59 bits per heavy atom. The number of piperidine rings is 1. The molecule has 2 atom stereocenters. The van der Waals surface area contributed by atoms with E-state index in [4.69, 9.17) is 12.2 Å². The van der Waals surface area contributed by atoms with Crippen LogP contribution in [0.1, 0.15) is 26.7 Å². The van der Waals surface area contributed by atoms with E-state index in [2.05, 4.69) is 29.4 Å².